The average Bonchev–Trinajstić information content (AvgIpc) is 2.92. The van der Waals surface area contributed by atoms with Crippen molar-refractivity contribution < 1.29 is 4.74 Å². The molecule has 0 amide bonds. The Morgan fingerprint density at radius 2 is 2.42 bits per heavy atom. The van der Waals surface area contributed by atoms with Gasteiger partial charge in [-0.2, -0.15) is 0 Å². The molecule has 1 aromatic rings. The Kier molecular flexibility index (Phi) is 5.61. The van der Waals surface area contributed by atoms with E-state index in [1.165, 1.54) is 24.1 Å². The van der Waals surface area contributed by atoms with Gasteiger partial charge in [0.15, 0.2) is 0 Å². The first-order valence-electron chi connectivity index (χ1n) is 7.27. The summed E-state index contributed by atoms with van der Waals surface area (Å²) in [5.41, 5.74) is 2.52. The summed E-state index contributed by atoms with van der Waals surface area (Å²) in [7, 11) is 2.14. The minimum Gasteiger partial charge on any atom is -0.376 e. The van der Waals surface area contributed by atoms with Crippen molar-refractivity contribution in [1.29, 1.82) is 0 Å². The van der Waals surface area contributed by atoms with Gasteiger partial charge in [-0.05, 0) is 31.9 Å². The SMILES string of the molecule is CCCNCc1cnccc1N(C)CC1CCCO1. The maximum atomic E-state index is 5.71. The van der Waals surface area contributed by atoms with Gasteiger partial charge in [0.05, 0.1) is 6.10 Å². The molecule has 4 nitrogen and oxygen atoms in total. The number of hydrogen-bond donors (Lipinski definition) is 1. The highest BCUT2D eigenvalue weighted by atomic mass is 16.5. The molecule has 106 valence electrons. The average molecular weight is 263 g/mol. The van der Waals surface area contributed by atoms with Gasteiger partial charge in [-0.1, -0.05) is 6.92 Å². The Labute approximate surface area is 116 Å². The van der Waals surface area contributed by atoms with Crippen molar-refractivity contribution in [2.45, 2.75) is 38.8 Å². The van der Waals surface area contributed by atoms with Crippen LogP contribution in [0.25, 0.3) is 0 Å². The van der Waals surface area contributed by atoms with Crippen molar-refractivity contribution in [3.8, 4) is 0 Å². The van der Waals surface area contributed by atoms with E-state index in [1.807, 2.05) is 12.4 Å². The van der Waals surface area contributed by atoms with Crippen LogP contribution in [0.3, 0.4) is 0 Å². The maximum absolute atomic E-state index is 5.71. The first kappa shape index (κ1) is 14.3. The molecule has 1 aromatic heterocycles. The number of nitrogens with zero attached hydrogens (tertiary/aromatic N) is 2. The number of rotatable bonds is 7. The number of ether oxygens (including phenoxy) is 1. The fourth-order valence-electron chi connectivity index (χ4n) is 2.52. The summed E-state index contributed by atoms with van der Waals surface area (Å²) in [5, 5.41) is 3.44. The van der Waals surface area contributed by atoms with Crippen molar-refractivity contribution in [3.05, 3.63) is 24.0 Å². The molecule has 1 unspecified atom stereocenters. The summed E-state index contributed by atoms with van der Waals surface area (Å²) < 4.78 is 5.71. The van der Waals surface area contributed by atoms with Crippen LogP contribution in [0.1, 0.15) is 31.7 Å². The van der Waals surface area contributed by atoms with Crippen LogP contribution < -0.4 is 10.2 Å². The lowest BCUT2D eigenvalue weighted by Crippen LogP contribution is -2.30. The van der Waals surface area contributed by atoms with Gasteiger partial charge in [-0.25, -0.2) is 0 Å². The molecular weight excluding hydrogens is 238 g/mol. The second-order valence-corrected chi connectivity index (χ2v) is 5.20. The van der Waals surface area contributed by atoms with Gasteiger partial charge in [-0.3, -0.25) is 4.98 Å². The van der Waals surface area contributed by atoms with Crippen LogP contribution >= 0.6 is 0 Å². The first-order chi connectivity index (χ1) is 9.31. The molecule has 1 fully saturated rings. The second kappa shape index (κ2) is 7.46. The Hall–Kier alpha value is -1.13. The zero-order chi connectivity index (χ0) is 13.5. The molecule has 1 N–H and O–H groups in total. The number of aromatic nitrogens is 1. The molecule has 0 aromatic carbocycles. The van der Waals surface area contributed by atoms with Crippen LogP contribution in [-0.4, -0.2) is 37.8 Å². The fourth-order valence-corrected chi connectivity index (χ4v) is 2.52. The van der Waals surface area contributed by atoms with Gasteiger partial charge in [0.1, 0.15) is 0 Å². The van der Waals surface area contributed by atoms with Crippen molar-refractivity contribution in [2.24, 2.45) is 0 Å². The minimum absolute atomic E-state index is 0.384. The third kappa shape index (κ3) is 4.18. The number of likely N-dealkylation sites (N-methyl/N-ethyl adjacent to an activating group) is 1. The molecule has 1 aliphatic rings. The molecule has 2 heterocycles. The van der Waals surface area contributed by atoms with Crippen LogP contribution in [0.15, 0.2) is 18.5 Å². The number of pyridine rings is 1. The van der Waals surface area contributed by atoms with E-state index in [9.17, 15) is 0 Å². The summed E-state index contributed by atoms with van der Waals surface area (Å²) in [4.78, 5) is 6.53. The number of hydrogen-bond acceptors (Lipinski definition) is 4. The molecule has 1 saturated heterocycles. The molecule has 0 spiro atoms. The minimum atomic E-state index is 0.384. The topological polar surface area (TPSA) is 37.4 Å². The van der Waals surface area contributed by atoms with Crippen LogP contribution in [0.5, 0.6) is 0 Å². The second-order valence-electron chi connectivity index (χ2n) is 5.20. The molecule has 0 aliphatic carbocycles. The monoisotopic (exact) mass is 263 g/mol. The van der Waals surface area contributed by atoms with E-state index in [1.54, 1.807) is 0 Å². The van der Waals surface area contributed by atoms with Crippen molar-refractivity contribution in [2.75, 3.05) is 31.6 Å². The van der Waals surface area contributed by atoms with Crippen molar-refractivity contribution >= 4 is 5.69 Å². The smallest absolute Gasteiger partial charge is 0.0750 e. The Balaban J connectivity index is 1.96. The Bertz CT molecular complexity index is 377. The Morgan fingerprint density at radius 1 is 1.53 bits per heavy atom. The lowest BCUT2D eigenvalue weighted by Gasteiger charge is -2.25. The fraction of sp³-hybridized carbons (Fsp3) is 0.667. The molecule has 4 heteroatoms. The van der Waals surface area contributed by atoms with Crippen LogP contribution in [0, 0.1) is 0 Å². The van der Waals surface area contributed by atoms with E-state index < -0.39 is 0 Å². The highest BCUT2D eigenvalue weighted by Gasteiger charge is 2.18. The Morgan fingerprint density at radius 3 is 3.16 bits per heavy atom. The summed E-state index contributed by atoms with van der Waals surface area (Å²) in [5.74, 6) is 0. The van der Waals surface area contributed by atoms with Gasteiger partial charge in [-0.15, -0.1) is 0 Å². The molecular formula is C15H25N3O. The van der Waals surface area contributed by atoms with Gasteiger partial charge < -0.3 is 15.0 Å². The van der Waals surface area contributed by atoms with E-state index in [-0.39, 0.29) is 0 Å². The number of nitrogens with one attached hydrogen (secondary N) is 1. The highest BCUT2D eigenvalue weighted by Crippen LogP contribution is 2.21. The molecule has 0 bridgehead atoms. The zero-order valence-corrected chi connectivity index (χ0v) is 12.1. The van der Waals surface area contributed by atoms with Gasteiger partial charge in [0.2, 0.25) is 0 Å². The largest absolute Gasteiger partial charge is 0.376 e. The standard InChI is InChI=1S/C15H25N3O/c1-3-7-16-10-13-11-17-8-6-15(13)18(2)12-14-5-4-9-19-14/h6,8,11,14,16H,3-5,7,9-10,12H2,1-2H3. The van der Waals surface area contributed by atoms with E-state index in [2.05, 4.69) is 35.2 Å². The highest BCUT2D eigenvalue weighted by molar-refractivity contribution is 5.51. The van der Waals surface area contributed by atoms with Gasteiger partial charge >= 0.3 is 0 Å². The quantitative estimate of drug-likeness (QED) is 0.765. The predicted octanol–water partition coefficient (Wildman–Crippen LogP) is 2.20. The van der Waals surface area contributed by atoms with Gasteiger partial charge in [0.25, 0.3) is 0 Å². The summed E-state index contributed by atoms with van der Waals surface area (Å²) in [6.07, 6.45) is 7.74. The molecule has 19 heavy (non-hydrogen) atoms. The van der Waals surface area contributed by atoms with Gasteiger partial charge in [0, 0.05) is 50.4 Å². The van der Waals surface area contributed by atoms with Crippen molar-refractivity contribution in [3.63, 3.8) is 0 Å². The molecule has 1 atom stereocenters. The normalized spacial score (nSPS) is 18.7. The maximum Gasteiger partial charge on any atom is 0.0750 e. The van der Waals surface area contributed by atoms with Crippen LogP contribution in [-0.2, 0) is 11.3 Å². The van der Waals surface area contributed by atoms with E-state index in [0.717, 1.165) is 32.7 Å². The van der Waals surface area contributed by atoms with E-state index >= 15 is 0 Å². The summed E-state index contributed by atoms with van der Waals surface area (Å²) in [6.45, 7) is 5.99. The zero-order valence-electron chi connectivity index (χ0n) is 12.1. The predicted molar refractivity (Wildman–Crippen MR) is 78.5 cm³/mol. The van der Waals surface area contributed by atoms with Crippen LogP contribution in [0.4, 0.5) is 5.69 Å². The van der Waals surface area contributed by atoms with Crippen molar-refractivity contribution in [1.82, 2.24) is 10.3 Å². The summed E-state index contributed by atoms with van der Waals surface area (Å²) in [6, 6.07) is 2.10. The lowest BCUT2D eigenvalue weighted by atomic mass is 10.2. The number of anilines is 1. The molecule has 0 radical (unpaired) electrons. The molecule has 1 aliphatic heterocycles. The third-order valence-corrected chi connectivity index (χ3v) is 3.53. The molecule has 2 rings (SSSR count). The molecule has 0 saturated carbocycles. The third-order valence-electron chi connectivity index (χ3n) is 3.53. The van der Waals surface area contributed by atoms with E-state index in [0.29, 0.717) is 6.10 Å². The first-order valence-corrected chi connectivity index (χ1v) is 7.27. The van der Waals surface area contributed by atoms with Crippen LogP contribution in [0.2, 0.25) is 0 Å². The summed E-state index contributed by atoms with van der Waals surface area (Å²) >= 11 is 0. The lowest BCUT2D eigenvalue weighted by molar-refractivity contribution is 0.116. The van der Waals surface area contributed by atoms with E-state index in [4.69, 9.17) is 4.74 Å².